The topological polar surface area (TPSA) is 26.1 Å². The maximum Gasteiger partial charge on any atom is 0.192 e. The molecule has 0 radical (unpaired) electrons. The van der Waals surface area contributed by atoms with Crippen molar-refractivity contribution in [3.05, 3.63) is 77.0 Å². The van der Waals surface area contributed by atoms with Crippen molar-refractivity contribution in [2.75, 3.05) is 0 Å². The Labute approximate surface area is 108 Å². The highest BCUT2D eigenvalue weighted by atomic mass is 16.5. The van der Waals surface area contributed by atoms with E-state index in [0.717, 1.165) is 15.9 Å². The van der Waals surface area contributed by atoms with Crippen LogP contribution in [-0.4, -0.2) is 11.0 Å². The smallest absolute Gasteiger partial charge is 0.192 e. The van der Waals surface area contributed by atoms with E-state index in [2.05, 4.69) is 0 Å². The van der Waals surface area contributed by atoms with Crippen LogP contribution >= 0.6 is 0 Å². The van der Waals surface area contributed by atoms with Gasteiger partial charge in [-0.2, -0.15) is 0 Å². The molecular weight excluding hydrogens is 222 g/mol. The molecule has 18 heavy (non-hydrogen) atoms. The predicted molar refractivity (Wildman–Crippen MR) is 74.7 cm³/mol. The van der Waals surface area contributed by atoms with Crippen molar-refractivity contribution in [2.45, 2.75) is 19.4 Å². The zero-order valence-electron chi connectivity index (χ0n) is 10.7. The maximum atomic E-state index is 12.3. The highest BCUT2D eigenvalue weighted by Gasteiger charge is 2.28. The molecule has 0 aromatic heterocycles. The molecule has 0 aliphatic rings. The minimum absolute atomic E-state index is 0.572. The van der Waals surface area contributed by atoms with Crippen molar-refractivity contribution >= 4 is 6.21 Å². The minimum atomic E-state index is -0.572. The van der Waals surface area contributed by atoms with Gasteiger partial charge in [-0.15, -0.1) is 0 Å². The monoisotopic (exact) mass is 239 g/mol. The van der Waals surface area contributed by atoms with Crippen LogP contribution in [0.15, 0.2) is 60.7 Å². The molecule has 0 spiro atoms. The van der Waals surface area contributed by atoms with E-state index < -0.39 is 5.54 Å². The average molecular weight is 239 g/mol. The van der Waals surface area contributed by atoms with Gasteiger partial charge in [0, 0.05) is 25.0 Å². The van der Waals surface area contributed by atoms with Crippen LogP contribution < -0.4 is 0 Å². The lowest BCUT2D eigenvalue weighted by Crippen LogP contribution is -2.30. The van der Waals surface area contributed by atoms with Gasteiger partial charge in [0.15, 0.2) is 11.8 Å². The third-order valence-corrected chi connectivity index (χ3v) is 3.10. The van der Waals surface area contributed by atoms with Crippen LogP contribution in [0.25, 0.3) is 0 Å². The summed E-state index contributed by atoms with van der Waals surface area (Å²) in [6, 6.07) is 19.4. The Bertz CT molecular complexity index is 530. The molecule has 0 aliphatic carbocycles. The second kappa shape index (κ2) is 5.05. The maximum absolute atomic E-state index is 12.3. The van der Waals surface area contributed by atoms with Gasteiger partial charge in [0.05, 0.1) is 0 Å². The number of rotatable bonds is 3. The molecule has 0 amide bonds. The summed E-state index contributed by atoms with van der Waals surface area (Å²) in [6.07, 6.45) is 1.63. The largest absolute Gasteiger partial charge is 0.623 e. The minimum Gasteiger partial charge on any atom is -0.623 e. The SMILES string of the molecule is CC(C)(c1ccccc1)/[N+]([O-])=C/c1ccccc1. The number of hydrogen-bond donors (Lipinski definition) is 0. The molecule has 2 rings (SSSR count). The first-order chi connectivity index (χ1) is 8.60. The number of benzene rings is 2. The second-order valence-corrected chi connectivity index (χ2v) is 4.79. The summed E-state index contributed by atoms with van der Waals surface area (Å²) in [7, 11) is 0. The average Bonchev–Trinajstić information content (AvgIpc) is 2.41. The van der Waals surface area contributed by atoms with Crippen molar-refractivity contribution in [1.29, 1.82) is 0 Å². The van der Waals surface area contributed by atoms with Crippen molar-refractivity contribution in [2.24, 2.45) is 0 Å². The van der Waals surface area contributed by atoms with Crippen LogP contribution in [0.1, 0.15) is 25.0 Å². The van der Waals surface area contributed by atoms with Crippen molar-refractivity contribution < 1.29 is 4.74 Å². The van der Waals surface area contributed by atoms with Gasteiger partial charge in [-0.3, -0.25) is 0 Å². The Morgan fingerprint density at radius 3 is 1.94 bits per heavy atom. The lowest BCUT2D eigenvalue weighted by Gasteiger charge is -2.24. The Morgan fingerprint density at radius 1 is 0.889 bits per heavy atom. The van der Waals surface area contributed by atoms with Crippen molar-refractivity contribution in [3.8, 4) is 0 Å². The molecule has 2 nitrogen and oxygen atoms in total. The molecule has 0 N–H and O–H groups in total. The fraction of sp³-hybridized carbons (Fsp3) is 0.188. The summed E-state index contributed by atoms with van der Waals surface area (Å²) >= 11 is 0. The zero-order valence-corrected chi connectivity index (χ0v) is 10.7. The standard InChI is InChI=1S/C16H17NO/c1-16(2,15-11-7-4-8-12-15)17(18)13-14-9-5-3-6-10-14/h3-13H,1-2H3/b17-13-. The Kier molecular flexibility index (Phi) is 3.47. The van der Waals surface area contributed by atoms with E-state index in [9.17, 15) is 5.21 Å². The van der Waals surface area contributed by atoms with E-state index in [-0.39, 0.29) is 0 Å². The predicted octanol–water partition coefficient (Wildman–Crippen LogP) is 3.55. The van der Waals surface area contributed by atoms with E-state index in [1.807, 2.05) is 74.5 Å². The molecule has 0 unspecified atom stereocenters. The van der Waals surface area contributed by atoms with E-state index in [4.69, 9.17) is 0 Å². The van der Waals surface area contributed by atoms with Crippen LogP contribution in [0.4, 0.5) is 0 Å². The Hall–Kier alpha value is -2.09. The van der Waals surface area contributed by atoms with Crippen LogP contribution in [0.2, 0.25) is 0 Å². The van der Waals surface area contributed by atoms with Crippen LogP contribution in [-0.2, 0) is 5.54 Å². The number of nitrogens with zero attached hydrogens (tertiary/aromatic N) is 1. The van der Waals surface area contributed by atoms with Crippen molar-refractivity contribution in [1.82, 2.24) is 0 Å². The summed E-state index contributed by atoms with van der Waals surface area (Å²) in [5.41, 5.74) is 1.35. The fourth-order valence-electron chi connectivity index (χ4n) is 1.81. The molecular formula is C16H17NO. The molecule has 2 heteroatoms. The van der Waals surface area contributed by atoms with E-state index >= 15 is 0 Å². The second-order valence-electron chi connectivity index (χ2n) is 4.79. The first-order valence-corrected chi connectivity index (χ1v) is 6.02. The summed E-state index contributed by atoms with van der Waals surface area (Å²) in [6.45, 7) is 3.85. The van der Waals surface area contributed by atoms with E-state index in [0.29, 0.717) is 0 Å². The molecule has 92 valence electrons. The molecule has 0 saturated carbocycles. The third-order valence-electron chi connectivity index (χ3n) is 3.10. The fourth-order valence-corrected chi connectivity index (χ4v) is 1.81. The number of hydroxylamine groups is 1. The van der Waals surface area contributed by atoms with Gasteiger partial charge >= 0.3 is 0 Å². The first-order valence-electron chi connectivity index (χ1n) is 6.02. The van der Waals surface area contributed by atoms with Gasteiger partial charge < -0.3 is 5.21 Å². The molecule has 0 bridgehead atoms. The van der Waals surface area contributed by atoms with E-state index in [1.165, 1.54) is 0 Å². The number of hydrogen-bond acceptors (Lipinski definition) is 1. The molecule has 2 aromatic rings. The van der Waals surface area contributed by atoms with Crippen LogP contribution in [0.3, 0.4) is 0 Å². The molecule has 0 heterocycles. The summed E-state index contributed by atoms with van der Waals surface area (Å²) in [4.78, 5) is 0. The summed E-state index contributed by atoms with van der Waals surface area (Å²) in [5.74, 6) is 0. The molecule has 0 saturated heterocycles. The summed E-state index contributed by atoms with van der Waals surface area (Å²) in [5, 5.41) is 12.3. The molecule has 0 fully saturated rings. The highest BCUT2D eigenvalue weighted by Crippen LogP contribution is 2.23. The van der Waals surface area contributed by atoms with E-state index in [1.54, 1.807) is 6.21 Å². The van der Waals surface area contributed by atoms with Crippen LogP contribution in [0.5, 0.6) is 0 Å². The lowest BCUT2D eigenvalue weighted by molar-refractivity contribution is -0.545. The van der Waals surface area contributed by atoms with Crippen molar-refractivity contribution in [3.63, 3.8) is 0 Å². The zero-order chi connectivity index (χ0) is 13.0. The molecule has 0 atom stereocenters. The van der Waals surface area contributed by atoms with Gasteiger partial charge in [0.25, 0.3) is 0 Å². The summed E-state index contributed by atoms with van der Waals surface area (Å²) < 4.78 is 1.01. The first kappa shape index (κ1) is 12.4. The van der Waals surface area contributed by atoms with Gasteiger partial charge in [0.2, 0.25) is 0 Å². The Morgan fingerprint density at radius 2 is 1.39 bits per heavy atom. The Balaban J connectivity index is 2.33. The lowest BCUT2D eigenvalue weighted by atomic mass is 9.95. The van der Waals surface area contributed by atoms with Gasteiger partial charge in [-0.1, -0.05) is 48.5 Å². The normalized spacial score (nSPS) is 12.4. The van der Waals surface area contributed by atoms with Crippen LogP contribution in [0, 0.1) is 5.21 Å². The van der Waals surface area contributed by atoms with Gasteiger partial charge in [-0.05, 0) is 12.1 Å². The van der Waals surface area contributed by atoms with Gasteiger partial charge in [-0.25, -0.2) is 4.74 Å². The molecule has 0 aliphatic heterocycles. The highest BCUT2D eigenvalue weighted by molar-refractivity contribution is 5.75. The van der Waals surface area contributed by atoms with Gasteiger partial charge in [0.1, 0.15) is 0 Å². The molecule has 2 aromatic carbocycles. The quantitative estimate of drug-likeness (QED) is 0.348. The third kappa shape index (κ3) is 2.59.